The van der Waals surface area contributed by atoms with Crippen LogP contribution in [0.25, 0.3) is 22.0 Å². The number of benzene rings is 3. The molecule has 144 valence electrons. The fourth-order valence-electron chi connectivity index (χ4n) is 4.02. The molecule has 0 saturated heterocycles. The highest BCUT2D eigenvalue weighted by molar-refractivity contribution is 5.88. The molecule has 5 rings (SSSR count). The molecule has 3 aromatic carbocycles. The molecule has 1 aliphatic rings. The molecule has 0 saturated carbocycles. The molecule has 0 unspecified atom stereocenters. The Labute approximate surface area is 169 Å². The largest absolute Gasteiger partial charge is 0.338 e. The van der Waals surface area contributed by atoms with Gasteiger partial charge < -0.3 is 9.80 Å². The first kappa shape index (κ1) is 17.8. The first-order chi connectivity index (χ1) is 14.2. The Morgan fingerprint density at radius 2 is 1.79 bits per heavy atom. The number of anilines is 2. The lowest BCUT2D eigenvalue weighted by atomic mass is 10.0. The zero-order valence-electron chi connectivity index (χ0n) is 16.2. The van der Waals surface area contributed by atoms with Crippen molar-refractivity contribution in [2.24, 2.45) is 0 Å². The van der Waals surface area contributed by atoms with E-state index in [0.29, 0.717) is 11.1 Å². The van der Waals surface area contributed by atoms with Crippen molar-refractivity contribution in [2.75, 3.05) is 25.0 Å². The van der Waals surface area contributed by atoms with Crippen LogP contribution in [0.1, 0.15) is 5.56 Å². The molecule has 4 aromatic rings. The molecule has 5 heteroatoms. The molecule has 0 N–H and O–H groups in total. The average Bonchev–Trinajstić information content (AvgIpc) is 2.92. The summed E-state index contributed by atoms with van der Waals surface area (Å²) < 4.78 is 15.4. The van der Waals surface area contributed by atoms with E-state index in [1.807, 2.05) is 42.5 Å². The number of halogens is 1. The lowest BCUT2D eigenvalue weighted by Gasteiger charge is -2.26. The first-order valence-corrected chi connectivity index (χ1v) is 9.73. The average molecular weight is 384 g/mol. The van der Waals surface area contributed by atoms with Crippen LogP contribution >= 0.6 is 0 Å². The van der Waals surface area contributed by atoms with Crippen molar-refractivity contribution >= 4 is 22.1 Å². The van der Waals surface area contributed by atoms with E-state index < -0.39 is 0 Å². The topological polar surface area (TPSA) is 32.3 Å². The Morgan fingerprint density at radius 1 is 0.931 bits per heavy atom. The smallest absolute Gasteiger partial charge is 0.154 e. The number of nitrogens with zero attached hydrogens (tertiary/aromatic N) is 4. The van der Waals surface area contributed by atoms with E-state index in [-0.39, 0.29) is 5.82 Å². The van der Waals surface area contributed by atoms with Crippen molar-refractivity contribution in [2.45, 2.75) is 6.54 Å². The third-order valence-corrected chi connectivity index (χ3v) is 5.51. The molecule has 4 nitrogen and oxygen atoms in total. The summed E-state index contributed by atoms with van der Waals surface area (Å²) >= 11 is 0. The van der Waals surface area contributed by atoms with Crippen LogP contribution in [-0.4, -0.2) is 35.0 Å². The van der Waals surface area contributed by atoms with Gasteiger partial charge in [0.2, 0.25) is 0 Å². The Morgan fingerprint density at radius 3 is 2.66 bits per heavy atom. The van der Waals surface area contributed by atoms with Crippen LogP contribution in [-0.2, 0) is 6.54 Å². The van der Waals surface area contributed by atoms with Gasteiger partial charge in [-0.15, -0.1) is 0 Å². The number of likely N-dealkylation sites (N-methyl/N-ethyl adjacent to an activating group) is 1. The van der Waals surface area contributed by atoms with Gasteiger partial charge in [-0.3, -0.25) is 9.97 Å². The fraction of sp³-hybridized carbons (Fsp3) is 0.167. The van der Waals surface area contributed by atoms with Gasteiger partial charge >= 0.3 is 0 Å². The lowest BCUT2D eigenvalue weighted by Crippen LogP contribution is -2.26. The summed E-state index contributed by atoms with van der Waals surface area (Å²) in [7, 11) is 2.10. The molecule has 1 aromatic heterocycles. The van der Waals surface area contributed by atoms with Gasteiger partial charge in [0, 0.05) is 48.7 Å². The minimum absolute atomic E-state index is 0.170. The molecule has 0 bridgehead atoms. The molecule has 0 radical (unpaired) electrons. The Kier molecular flexibility index (Phi) is 4.45. The van der Waals surface area contributed by atoms with Crippen molar-refractivity contribution in [3.63, 3.8) is 0 Å². The van der Waals surface area contributed by atoms with E-state index in [0.717, 1.165) is 47.5 Å². The summed E-state index contributed by atoms with van der Waals surface area (Å²) in [6.07, 6.45) is 5.14. The molecular formula is C24H21FN4. The maximum Gasteiger partial charge on any atom is 0.154 e. The Balaban J connectivity index is 1.64. The fourth-order valence-corrected chi connectivity index (χ4v) is 4.02. The van der Waals surface area contributed by atoms with Gasteiger partial charge in [-0.25, -0.2) is 4.39 Å². The molecule has 0 fully saturated rings. The molecule has 1 aliphatic heterocycles. The normalized spacial score (nSPS) is 14.6. The van der Waals surface area contributed by atoms with E-state index in [1.54, 1.807) is 18.6 Å². The minimum atomic E-state index is -0.170. The molecule has 0 spiro atoms. The number of fused-ring (bicyclic) bond motifs is 2. The van der Waals surface area contributed by atoms with Gasteiger partial charge in [-0.2, -0.15) is 0 Å². The maximum absolute atomic E-state index is 15.4. The summed E-state index contributed by atoms with van der Waals surface area (Å²) in [4.78, 5) is 13.0. The summed E-state index contributed by atoms with van der Waals surface area (Å²) in [5.41, 5.74) is 4.67. The third-order valence-electron chi connectivity index (χ3n) is 5.51. The predicted octanol–water partition coefficient (Wildman–Crippen LogP) is 5.02. The van der Waals surface area contributed by atoms with Crippen molar-refractivity contribution < 1.29 is 4.39 Å². The minimum Gasteiger partial charge on any atom is -0.338 e. The summed E-state index contributed by atoms with van der Waals surface area (Å²) in [5.74, 6) is -0.170. The second-order valence-corrected chi connectivity index (χ2v) is 7.44. The lowest BCUT2D eigenvalue weighted by molar-refractivity contribution is 0.343. The van der Waals surface area contributed by atoms with E-state index in [4.69, 9.17) is 0 Å². The SMILES string of the molecule is CN1CCN(c2ccc3ccccc3c2F)c2ccc(-c3cnccn3)cc2C1. The highest BCUT2D eigenvalue weighted by Crippen LogP contribution is 2.37. The van der Waals surface area contributed by atoms with Gasteiger partial charge in [0.25, 0.3) is 0 Å². The second-order valence-electron chi connectivity index (χ2n) is 7.44. The molecule has 29 heavy (non-hydrogen) atoms. The molecular weight excluding hydrogens is 363 g/mol. The monoisotopic (exact) mass is 384 g/mol. The number of hydrogen-bond acceptors (Lipinski definition) is 4. The molecule has 2 heterocycles. The van der Waals surface area contributed by atoms with Crippen LogP contribution in [0.2, 0.25) is 0 Å². The Hall–Kier alpha value is -3.31. The standard InChI is InChI=1S/C24H21FN4/c1-28-12-13-29(23-9-6-17-4-2-3-5-20(17)24(23)25)22-8-7-18(14-19(22)16-28)21-15-26-10-11-27-21/h2-11,14-15H,12-13,16H2,1H3. The van der Waals surface area contributed by atoms with Crippen LogP contribution < -0.4 is 4.90 Å². The Bertz CT molecular complexity index is 1180. The van der Waals surface area contributed by atoms with Crippen molar-refractivity contribution in [1.29, 1.82) is 0 Å². The van der Waals surface area contributed by atoms with E-state index in [2.05, 4.69) is 38.9 Å². The zero-order valence-corrected chi connectivity index (χ0v) is 16.2. The third kappa shape index (κ3) is 3.23. The number of rotatable bonds is 2. The van der Waals surface area contributed by atoms with Crippen molar-refractivity contribution in [1.82, 2.24) is 14.9 Å². The van der Waals surface area contributed by atoms with Crippen molar-refractivity contribution in [3.05, 3.63) is 84.6 Å². The van der Waals surface area contributed by atoms with Crippen molar-refractivity contribution in [3.8, 4) is 11.3 Å². The molecule has 0 atom stereocenters. The quantitative estimate of drug-likeness (QED) is 0.486. The first-order valence-electron chi connectivity index (χ1n) is 9.73. The summed E-state index contributed by atoms with van der Waals surface area (Å²) in [5, 5.41) is 1.57. The zero-order chi connectivity index (χ0) is 19.8. The van der Waals surface area contributed by atoms with E-state index in [9.17, 15) is 0 Å². The predicted molar refractivity (Wildman–Crippen MR) is 115 cm³/mol. The van der Waals surface area contributed by atoms with Crippen LogP contribution in [0.15, 0.2) is 73.2 Å². The highest BCUT2D eigenvalue weighted by Gasteiger charge is 2.23. The van der Waals surface area contributed by atoms with Gasteiger partial charge in [-0.05, 0) is 36.2 Å². The van der Waals surface area contributed by atoms with Crippen LogP contribution in [0.5, 0.6) is 0 Å². The summed E-state index contributed by atoms with van der Waals surface area (Å²) in [6.45, 7) is 2.37. The number of hydrogen-bond donors (Lipinski definition) is 0. The van der Waals surface area contributed by atoms with Gasteiger partial charge in [0.05, 0.1) is 17.6 Å². The van der Waals surface area contributed by atoms with Gasteiger partial charge in [-0.1, -0.05) is 36.4 Å². The second kappa shape index (κ2) is 7.26. The molecule has 0 aliphatic carbocycles. The van der Waals surface area contributed by atoms with Crippen LogP contribution in [0.4, 0.5) is 15.8 Å². The van der Waals surface area contributed by atoms with E-state index >= 15 is 4.39 Å². The summed E-state index contributed by atoms with van der Waals surface area (Å²) in [6, 6.07) is 17.8. The van der Waals surface area contributed by atoms with Gasteiger partial charge in [0.1, 0.15) is 0 Å². The van der Waals surface area contributed by atoms with E-state index in [1.165, 1.54) is 0 Å². The highest BCUT2D eigenvalue weighted by atomic mass is 19.1. The maximum atomic E-state index is 15.4. The van der Waals surface area contributed by atoms with Gasteiger partial charge in [0.15, 0.2) is 5.82 Å². The van der Waals surface area contributed by atoms with Crippen LogP contribution in [0, 0.1) is 5.82 Å². The van der Waals surface area contributed by atoms with Crippen LogP contribution in [0.3, 0.4) is 0 Å². The number of aromatic nitrogens is 2. The molecule has 0 amide bonds.